The fraction of sp³-hybridized carbons (Fsp3) is 1.00. The van der Waals surface area contributed by atoms with E-state index in [2.05, 4.69) is 26.1 Å². The van der Waals surface area contributed by atoms with Crippen molar-refractivity contribution in [3.63, 3.8) is 0 Å². The Morgan fingerprint density at radius 3 is 2.29 bits per heavy atom. The lowest BCUT2D eigenvalue weighted by Gasteiger charge is -2.39. The third kappa shape index (κ3) is 2.85. The fourth-order valence-electron chi connectivity index (χ4n) is 4.23. The third-order valence-electron chi connectivity index (χ3n) is 4.97. The summed E-state index contributed by atoms with van der Waals surface area (Å²) in [6.45, 7) is 7.28. The predicted molar refractivity (Wildman–Crippen MR) is 72.0 cm³/mol. The van der Waals surface area contributed by atoms with Gasteiger partial charge < -0.3 is 10.4 Å². The molecule has 0 aromatic rings. The molecule has 0 amide bonds. The quantitative estimate of drug-likeness (QED) is 0.793. The molecule has 17 heavy (non-hydrogen) atoms. The summed E-state index contributed by atoms with van der Waals surface area (Å²) in [4.78, 5) is 0. The number of aliphatic hydroxyl groups is 1. The highest BCUT2D eigenvalue weighted by atomic mass is 16.3. The maximum atomic E-state index is 9.89. The summed E-state index contributed by atoms with van der Waals surface area (Å²) < 4.78 is 0. The van der Waals surface area contributed by atoms with Crippen molar-refractivity contribution in [2.45, 2.75) is 77.3 Å². The van der Waals surface area contributed by atoms with E-state index in [-0.39, 0.29) is 5.54 Å². The lowest BCUT2D eigenvalue weighted by atomic mass is 9.84. The molecular weight excluding hydrogens is 210 g/mol. The van der Waals surface area contributed by atoms with Crippen molar-refractivity contribution in [1.82, 2.24) is 5.32 Å². The van der Waals surface area contributed by atoms with E-state index < -0.39 is 0 Å². The standard InChI is InChI=1S/C15H29NO/c1-12-9-14(2,3)10-15(12,11-17)16-13-7-5-4-6-8-13/h12-13,16-17H,4-11H2,1-3H3. The van der Waals surface area contributed by atoms with E-state index in [0.29, 0.717) is 24.0 Å². The molecule has 2 unspecified atom stereocenters. The third-order valence-corrected chi connectivity index (χ3v) is 4.97. The maximum Gasteiger partial charge on any atom is 0.0616 e. The second-order valence-electron chi connectivity index (χ2n) is 7.24. The summed E-state index contributed by atoms with van der Waals surface area (Å²) in [5, 5.41) is 13.7. The van der Waals surface area contributed by atoms with E-state index in [1.807, 2.05) is 0 Å². The van der Waals surface area contributed by atoms with Crippen LogP contribution in [0.25, 0.3) is 0 Å². The van der Waals surface area contributed by atoms with Gasteiger partial charge in [-0.1, -0.05) is 40.0 Å². The molecule has 2 N–H and O–H groups in total. The van der Waals surface area contributed by atoms with Crippen molar-refractivity contribution in [3.8, 4) is 0 Å². The molecule has 0 heterocycles. The molecule has 0 aromatic heterocycles. The molecule has 2 aliphatic rings. The van der Waals surface area contributed by atoms with E-state index in [9.17, 15) is 5.11 Å². The van der Waals surface area contributed by atoms with Crippen LogP contribution in [0, 0.1) is 11.3 Å². The van der Waals surface area contributed by atoms with Crippen LogP contribution in [0.5, 0.6) is 0 Å². The lowest BCUT2D eigenvalue weighted by Crippen LogP contribution is -2.55. The SMILES string of the molecule is CC1CC(C)(C)CC1(CO)NC1CCCCC1. The fourth-order valence-corrected chi connectivity index (χ4v) is 4.23. The molecule has 0 saturated heterocycles. The zero-order chi connectivity index (χ0) is 12.5. The molecule has 0 spiro atoms. The van der Waals surface area contributed by atoms with E-state index in [1.54, 1.807) is 0 Å². The number of rotatable bonds is 3. The van der Waals surface area contributed by atoms with Crippen molar-refractivity contribution in [2.24, 2.45) is 11.3 Å². The topological polar surface area (TPSA) is 32.3 Å². The van der Waals surface area contributed by atoms with Crippen LogP contribution in [0.2, 0.25) is 0 Å². The Morgan fingerprint density at radius 1 is 1.18 bits per heavy atom. The number of hydrogen-bond acceptors (Lipinski definition) is 2. The van der Waals surface area contributed by atoms with Crippen LogP contribution in [0.3, 0.4) is 0 Å². The molecular formula is C15H29NO. The Morgan fingerprint density at radius 2 is 1.82 bits per heavy atom. The van der Waals surface area contributed by atoms with Gasteiger partial charge in [0.05, 0.1) is 6.61 Å². The van der Waals surface area contributed by atoms with Gasteiger partial charge in [-0.15, -0.1) is 0 Å². The van der Waals surface area contributed by atoms with Crippen LogP contribution in [-0.4, -0.2) is 23.3 Å². The van der Waals surface area contributed by atoms with Crippen LogP contribution in [-0.2, 0) is 0 Å². The summed E-state index contributed by atoms with van der Waals surface area (Å²) in [6, 6.07) is 0.646. The Hall–Kier alpha value is -0.0800. The van der Waals surface area contributed by atoms with Gasteiger partial charge in [0.15, 0.2) is 0 Å². The average Bonchev–Trinajstić information content (AvgIpc) is 2.50. The second kappa shape index (κ2) is 4.89. The van der Waals surface area contributed by atoms with Crippen molar-refractivity contribution in [3.05, 3.63) is 0 Å². The van der Waals surface area contributed by atoms with E-state index >= 15 is 0 Å². The Kier molecular flexibility index (Phi) is 3.84. The van der Waals surface area contributed by atoms with Gasteiger partial charge in [-0.25, -0.2) is 0 Å². The van der Waals surface area contributed by atoms with Crippen LogP contribution in [0.15, 0.2) is 0 Å². The molecule has 2 nitrogen and oxygen atoms in total. The summed E-state index contributed by atoms with van der Waals surface area (Å²) in [6.07, 6.45) is 9.06. The first kappa shape index (κ1) is 13.4. The zero-order valence-corrected chi connectivity index (χ0v) is 11.8. The molecule has 2 atom stereocenters. The lowest BCUT2D eigenvalue weighted by molar-refractivity contribution is 0.104. The van der Waals surface area contributed by atoms with Gasteiger partial charge in [0.2, 0.25) is 0 Å². The van der Waals surface area contributed by atoms with Crippen molar-refractivity contribution in [2.75, 3.05) is 6.61 Å². The highest BCUT2D eigenvalue weighted by Crippen LogP contribution is 2.47. The Bertz CT molecular complexity index is 258. The summed E-state index contributed by atoms with van der Waals surface area (Å²) in [5.74, 6) is 0.587. The first-order valence-corrected chi connectivity index (χ1v) is 7.36. The molecule has 100 valence electrons. The monoisotopic (exact) mass is 239 g/mol. The highest BCUT2D eigenvalue weighted by Gasteiger charge is 2.48. The molecule has 2 fully saturated rings. The molecule has 0 aliphatic heterocycles. The van der Waals surface area contributed by atoms with Gasteiger partial charge in [0.1, 0.15) is 0 Å². The van der Waals surface area contributed by atoms with Gasteiger partial charge in [0, 0.05) is 11.6 Å². The van der Waals surface area contributed by atoms with Crippen LogP contribution in [0.4, 0.5) is 0 Å². The van der Waals surface area contributed by atoms with Crippen molar-refractivity contribution < 1.29 is 5.11 Å². The zero-order valence-electron chi connectivity index (χ0n) is 11.8. The van der Waals surface area contributed by atoms with Crippen molar-refractivity contribution >= 4 is 0 Å². The Balaban J connectivity index is 2.03. The molecule has 0 radical (unpaired) electrons. The largest absolute Gasteiger partial charge is 0.394 e. The first-order valence-electron chi connectivity index (χ1n) is 7.36. The van der Waals surface area contributed by atoms with Gasteiger partial charge >= 0.3 is 0 Å². The van der Waals surface area contributed by atoms with Gasteiger partial charge in [-0.2, -0.15) is 0 Å². The highest BCUT2D eigenvalue weighted by molar-refractivity contribution is 5.05. The van der Waals surface area contributed by atoms with Crippen molar-refractivity contribution in [1.29, 1.82) is 0 Å². The first-order chi connectivity index (χ1) is 7.97. The second-order valence-corrected chi connectivity index (χ2v) is 7.24. The summed E-state index contributed by atoms with van der Waals surface area (Å²) in [7, 11) is 0. The maximum absolute atomic E-state index is 9.89. The molecule has 2 saturated carbocycles. The van der Waals surface area contributed by atoms with Crippen LogP contribution >= 0.6 is 0 Å². The molecule has 0 bridgehead atoms. The van der Waals surface area contributed by atoms with Gasteiger partial charge in [-0.05, 0) is 37.0 Å². The minimum Gasteiger partial charge on any atom is -0.394 e. The van der Waals surface area contributed by atoms with E-state index in [4.69, 9.17) is 0 Å². The van der Waals surface area contributed by atoms with Crippen LogP contribution < -0.4 is 5.32 Å². The number of aliphatic hydroxyl groups excluding tert-OH is 1. The van der Waals surface area contributed by atoms with E-state index in [1.165, 1.54) is 38.5 Å². The molecule has 2 heteroatoms. The summed E-state index contributed by atoms with van der Waals surface area (Å²) >= 11 is 0. The van der Waals surface area contributed by atoms with Gasteiger partial charge in [-0.3, -0.25) is 0 Å². The molecule has 2 aliphatic carbocycles. The number of hydrogen-bond donors (Lipinski definition) is 2. The molecule has 0 aromatic carbocycles. The molecule has 2 rings (SSSR count). The summed E-state index contributed by atoms with van der Waals surface area (Å²) in [5.41, 5.74) is 0.370. The average molecular weight is 239 g/mol. The van der Waals surface area contributed by atoms with Crippen LogP contribution in [0.1, 0.15) is 65.7 Å². The Labute approximate surface area is 106 Å². The smallest absolute Gasteiger partial charge is 0.0616 e. The number of nitrogens with one attached hydrogen (secondary N) is 1. The predicted octanol–water partition coefficient (Wildman–Crippen LogP) is 3.10. The minimum atomic E-state index is -0.00843. The van der Waals surface area contributed by atoms with E-state index in [0.717, 1.165) is 6.42 Å². The normalized spacial score (nSPS) is 38.5. The van der Waals surface area contributed by atoms with Gasteiger partial charge in [0.25, 0.3) is 0 Å². The minimum absolute atomic E-state index is 0.00843.